The van der Waals surface area contributed by atoms with Gasteiger partial charge in [-0.05, 0) is 56.4 Å². The van der Waals surface area contributed by atoms with E-state index in [9.17, 15) is 4.79 Å². The smallest absolute Gasteiger partial charge is 0.241 e. The van der Waals surface area contributed by atoms with Crippen molar-refractivity contribution in [3.63, 3.8) is 0 Å². The Bertz CT molecular complexity index is 764. The van der Waals surface area contributed by atoms with Crippen molar-refractivity contribution in [2.24, 2.45) is 0 Å². The lowest BCUT2D eigenvalue weighted by molar-refractivity contribution is -0.122. The van der Waals surface area contributed by atoms with Crippen molar-refractivity contribution in [2.75, 3.05) is 18.4 Å². The van der Waals surface area contributed by atoms with Crippen molar-refractivity contribution in [2.45, 2.75) is 44.8 Å². The van der Waals surface area contributed by atoms with Gasteiger partial charge >= 0.3 is 0 Å². The molecule has 0 spiro atoms. The predicted octanol–water partition coefficient (Wildman–Crippen LogP) is 3.79. The van der Waals surface area contributed by atoms with E-state index in [1.807, 2.05) is 30.3 Å². The largest absolute Gasteiger partial charge is 0.490 e. The van der Waals surface area contributed by atoms with Gasteiger partial charge in [-0.15, -0.1) is 0 Å². The molecular weight excluding hydrogens is 324 g/mol. The highest BCUT2D eigenvalue weighted by Gasteiger charge is 2.32. The van der Waals surface area contributed by atoms with Crippen LogP contribution in [0.5, 0.6) is 5.75 Å². The first-order chi connectivity index (χ1) is 12.7. The number of piperidine rings is 1. The van der Waals surface area contributed by atoms with Crippen LogP contribution in [0.15, 0.2) is 48.5 Å². The molecule has 2 aliphatic heterocycles. The van der Waals surface area contributed by atoms with Gasteiger partial charge in [-0.2, -0.15) is 0 Å². The minimum absolute atomic E-state index is 0.0391. The normalized spacial score (nSPS) is 21.6. The Morgan fingerprint density at radius 1 is 1.00 bits per heavy atom. The van der Waals surface area contributed by atoms with Crippen molar-refractivity contribution in [3.8, 4) is 5.75 Å². The number of hydrogen-bond acceptors (Lipinski definition) is 3. The summed E-state index contributed by atoms with van der Waals surface area (Å²) in [5.41, 5.74) is 3.45. The highest BCUT2D eigenvalue weighted by Crippen LogP contribution is 2.26. The Balaban J connectivity index is 1.34. The van der Waals surface area contributed by atoms with Crippen LogP contribution < -0.4 is 10.1 Å². The van der Waals surface area contributed by atoms with Gasteiger partial charge in [-0.3, -0.25) is 9.69 Å². The molecule has 0 aliphatic carbocycles. The number of carbonyl (C=O) groups is 1. The second-order valence-electron chi connectivity index (χ2n) is 7.37. The summed E-state index contributed by atoms with van der Waals surface area (Å²) in [6.07, 6.45) is 3.99. The summed E-state index contributed by atoms with van der Waals surface area (Å²) < 4.78 is 6.12. The molecule has 1 fully saturated rings. The standard InChI is InChI=1S/C22H26N2O2/c1-16-6-9-18(10-7-16)26-19-12-14-24(15-13-19)21-11-8-17-4-2-3-5-20(17)23-22(21)25/h2-7,9-10,19,21H,8,11-15H2,1H3,(H,23,25). The number of fused-ring (bicyclic) bond motifs is 1. The van der Waals surface area contributed by atoms with E-state index in [0.717, 1.165) is 50.2 Å². The number of anilines is 1. The number of hydrogen-bond donors (Lipinski definition) is 1. The Kier molecular flexibility index (Phi) is 4.93. The van der Waals surface area contributed by atoms with Gasteiger partial charge < -0.3 is 10.1 Å². The van der Waals surface area contributed by atoms with Crippen molar-refractivity contribution in [1.29, 1.82) is 0 Å². The average molecular weight is 350 g/mol. The van der Waals surface area contributed by atoms with Crippen molar-refractivity contribution in [1.82, 2.24) is 4.90 Å². The fraction of sp³-hybridized carbons (Fsp3) is 0.409. The van der Waals surface area contributed by atoms with Crippen molar-refractivity contribution >= 4 is 11.6 Å². The summed E-state index contributed by atoms with van der Waals surface area (Å²) >= 11 is 0. The summed E-state index contributed by atoms with van der Waals surface area (Å²) in [5.74, 6) is 1.07. The first-order valence-electron chi connectivity index (χ1n) is 9.55. The molecule has 0 aromatic heterocycles. The molecular formula is C22H26N2O2. The summed E-state index contributed by atoms with van der Waals surface area (Å²) in [6, 6.07) is 16.3. The molecule has 2 heterocycles. The van der Waals surface area contributed by atoms with Crippen LogP contribution in [-0.2, 0) is 11.2 Å². The predicted molar refractivity (Wildman–Crippen MR) is 104 cm³/mol. The first-order valence-corrected chi connectivity index (χ1v) is 9.55. The maximum Gasteiger partial charge on any atom is 0.241 e. The van der Waals surface area contributed by atoms with Gasteiger partial charge in [0.2, 0.25) is 5.91 Å². The number of aryl methyl sites for hydroxylation is 2. The molecule has 2 aromatic rings. The molecule has 1 atom stereocenters. The Labute approximate surface area is 155 Å². The molecule has 0 bridgehead atoms. The third-order valence-corrected chi connectivity index (χ3v) is 5.51. The SMILES string of the molecule is Cc1ccc(OC2CCN(C3CCc4ccccc4NC3=O)CC2)cc1. The molecule has 4 rings (SSSR count). The van der Waals surface area contributed by atoms with E-state index in [4.69, 9.17) is 4.74 Å². The Morgan fingerprint density at radius 3 is 2.50 bits per heavy atom. The number of benzene rings is 2. The molecule has 1 amide bonds. The lowest BCUT2D eigenvalue weighted by Crippen LogP contribution is -2.49. The Hall–Kier alpha value is -2.33. The molecule has 1 unspecified atom stereocenters. The molecule has 1 saturated heterocycles. The quantitative estimate of drug-likeness (QED) is 0.916. The number of carbonyl (C=O) groups excluding carboxylic acids is 1. The molecule has 136 valence electrons. The number of ether oxygens (including phenoxy) is 1. The van der Waals surface area contributed by atoms with Crippen LogP contribution in [0.25, 0.3) is 0 Å². The fourth-order valence-electron chi connectivity index (χ4n) is 3.96. The van der Waals surface area contributed by atoms with Crippen LogP contribution in [0.3, 0.4) is 0 Å². The molecule has 26 heavy (non-hydrogen) atoms. The summed E-state index contributed by atoms with van der Waals surface area (Å²) in [5, 5.41) is 3.11. The zero-order chi connectivity index (χ0) is 17.9. The van der Waals surface area contributed by atoms with Crippen LogP contribution >= 0.6 is 0 Å². The minimum atomic E-state index is -0.0391. The van der Waals surface area contributed by atoms with Crippen molar-refractivity contribution in [3.05, 3.63) is 59.7 Å². The zero-order valence-corrected chi connectivity index (χ0v) is 15.3. The van der Waals surface area contributed by atoms with Gasteiger partial charge in [0.05, 0.1) is 6.04 Å². The second kappa shape index (κ2) is 7.50. The van der Waals surface area contributed by atoms with Crippen LogP contribution in [0.4, 0.5) is 5.69 Å². The van der Waals surface area contributed by atoms with E-state index in [1.54, 1.807) is 0 Å². The van der Waals surface area contributed by atoms with Crippen LogP contribution in [0.1, 0.15) is 30.4 Å². The lowest BCUT2D eigenvalue weighted by atomic mass is 10.0. The van der Waals surface area contributed by atoms with Gasteiger partial charge in [0.15, 0.2) is 0 Å². The van der Waals surface area contributed by atoms with Gasteiger partial charge in [0, 0.05) is 18.8 Å². The van der Waals surface area contributed by atoms with Crippen molar-refractivity contribution < 1.29 is 9.53 Å². The van der Waals surface area contributed by atoms with E-state index in [2.05, 4.69) is 35.3 Å². The third kappa shape index (κ3) is 3.75. The number of para-hydroxylation sites is 1. The summed E-state index contributed by atoms with van der Waals surface area (Å²) in [6.45, 7) is 3.90. The molecule has 2 aromatic carbocycles. The lowest BCUT2D eigenvalue weighted by Gasteiger charge is -2.36. The zero-order valence-electron chi connectivity index (χ0n) is 15.3. The van der Waals surface area contributed by atoms with E-state index < -0.39 is 0 Å². The molecule has 0 radical (unpaired) electrons. The van der Waals surface area contributed by atoms with E-state index in [-0.39, 0.29) is 18.1 Å². The Morgan fingerprint density at radius 2 is 1.73 bits per heavy atom. The van der Waals surface area contributed by atoms with E-state index >= 15 is 0 Å². The number of rotatable bonds is 3. The van der Waals surface area contributed by atoms with Crippen LogP contribution in [0, 0.1) is 6.92 Å². The monoisotopic (exact) mass is 350 g/mol. The van der Waals surface area contributed by atoms with Gasteiger partial charge in [0.25, 0.3) is 0 Å². The molecule has 1 N–H and O–H groups in total. The molecule has 0 saturated carbocycles. The van der Waals surface area contributed by atoms with Gasteiger partial charge in [-0.25, -0.2) is 0 Å². The number of nitrogens with zero attached hydrogens (tertiary/aromatic N) is 1. The molecule has 2 aliphatic rings. The highest BCUT2D eigenvalue weighted by atomic mass is 16.5. The van der Waals surface area contributed by atoms with Crippen LogP contribution in [0.2, 0.25) is 0 Å². The van der Waals surface area contributed by atoms with Gasteiger partial charge in [-0.1, -0.05) is 35.9 Å². The van der Waals surface area contributed by atoms with Gasteiger partial charge in [0.1, 0.15) is 11.9 Å². The number of likely N-dealkylation sites (tertiary alicyclic amines) is 1. The van der Waals surface area contributed by atoms with E-state index in [1.165, 1.54) is 11.1 Å². The maximum atomic E-state index is 12.7. The molecule has 4 nitrogen and oxygen atoms in total. The number of amides is 1. The third-order valence-electron chi connectivity index (χ3n) is 5.51. The topological polar surface area (TPSA) is 41.6 Å². The summed E-state index contributed by atoms with van der Waals surface area (Å²) in [7, 11) is 0. The highest BCUT2D eigenvalue weighted by molar-refractivity contribution is 5.96. The first kappa shape index (κ1) is 17.1. The minimum Gasteiger partial charge on any atom is -0.490 e. The number of nitrogens with one attached hydrogen (secondary N) is 1. The second-order valence-corrected chi connectivity index (χ2v) is 7.37. The summed E-state index contributed by atoms with van der Waals surface area (Å²) in [4.78, 5) is 15.0. The maximum absolute atomic E-state index is 12.7. The molecule has 4 heteroatoms. The van der Waals surface area contributed by atoms with Crippen LogP contribution in [-0.4, -0.2) is 36.0 Å². The fourth-order valence-corrected chi connectivity index (χ4v) is 3.96. The average Bonchev–Trinajstić information content (AvgIpc) is 2.83. The van der Waals surface area contributed by atoms with E-state index in [0.29, 0.717) is 0 Å².